The summed E-state index contributed by atoms with van der Waals surface area (Å²) in [6.45, 7) is 11.5. The van der Waals surface area contributed by atoms with E-state index < -0.39 is 0 Å². The van der Waals surface area contributed by atoms with Crippen LogP contribution in [0.4, 0.5) is 0 Å². The molecular weight excluding hydrogens is 254 g/mol. The molecule has 0 aliphatic rings. The van der Waals surface area contributed by atoms with Crippen molar-refractivity contribution in [2.75, 3.05) is 6.61 Å². The van der Waals surface area contributed by atoms with E-state index in [0.29, 0.717) is 10.9 Å². The fourth-order valence-electron chi connectivity index (χ4n) is 2.59. The summed E-state index contributed by atoms with van der Waals surface area (Å²) in [5.74, 6) is 1.36. The predicted octanol–water partition coefficient (Wildman–Crippen LogP) is 4.18. The Balaban J connectivity index is 3.14. The molecule has 0 aromatic heterocycles. The van der Waals surface area contributed by atoms with Crippen molar-refractivity contribution in [1.29, 1.82) is 0 Å². The molecule has 1 unspecified atom stereocenters. The van der Waals surface area contributed by atoms with Crippen LogP contribution in [-0.4, -0.2) is 11.6 Å². The highest BCUT2D eigenvalue weighted by Gasteiger charge is 2.16. The molecule has 0 radical (unpaired) electrons. The van der Waals surface area contributed by atoms with Crippen molar-refractivity contribution in [2.45, 2.75) is 53.4 Å². The minimum atomic E-state index is 0.358. The molecule has 1 atom stereocenters. The van der Waals surface area contributed by atoms with Crippen LogP contribution in [0.1, 0.15) is 54.9 Å². The van der Waals surface area contributed by atoms with Crippen molar-refractivity contribution in [3.8, 4) is 5.75 Å². The molecule has 0 aliphatic heterocycles. The number of benzene rings is 1. The fraction of sp³-hybridized carbons (Fsp3) is 0.562. The van der Waals surface area contributed by atoms with Gasteiger partial charge in [-0.25, -0.2) is 0 Å². The second-order valence-electron chi connectivity index (χ2n) is 5.28. The molecule has 0 aliphatic carbocycles. The molecule has 0 amide bonds. The van der Waals surface area contributed by atoms with Crippen LogP contribution in [-0.2, 0) is 0 Å². The lowest BCUT2D eigenvalue weighted by molar-refractivity contribution is 0.314. The number of hydrogen-bond donors (Lipinski definition) is 1. The van der Waals surface area contributed by atoms with E-state index >= 15 is 0 Å². The first kappa shape index (κ1) is 16.0. The van der Waals surface area contributed by atoms with E-state index in [-0.39, 0.29) is 0 Å². The average molecular weight is 279 g/mol. The van der Waals surface area contributed by atoms with Gasteiger partial charge in [-0.15, -0.1) is 0 Å². The highest BCUT2D eigenvalue weighted by atomic mass is 32.1. The van der Waals surface area contributed by atoms with Crippen LogP contribution in [0.15, 0.2) is 6.07 Å². The van der Waals surface area contributed by atoms with Crippen molar-refractivity contribution >= 4 is 17.2 Å². The summed E-state index contributed by atoms with van der Waals surface area (Å²) >= 11 is 5.03. The Bertz CT molecular complexity index is 468. The number of hydrogen-bond acceptors (Lipinski definition) is 2. The Kier molecular flexibility index (Phi) is 5.80. The maximum absolute atomic E-state index is 5.81. The highest BCUT2D eigenvalue weighted by Crippen LogP contribution is 2.33. The van der Waals surface area contributed by atoms with Crippen molar-refractivity contribution in [3.63, 3.8) is 0 Å². The van der Waals surface area contributed by atoms with Gasteiger partial charge in [-0.3, -0.25) is 0 Å². The largest absolute Gasteiger partial charge is 0.493 e. The second kappa shape index (κ2) is 6.90. The molecule has 19 heavy (non-hydrogen) atoms. The Morgan fingerprint density at radius 3 is 2.47 bits per heavy atom. The van der Waals surface area contributed by atoms with Gasteiger partial charge in [-0.2, -0.15) is 0 Å². The SMILES string of the molecule is CCCOc1cc(C)c(C(C)CC(N)=S)c(C)c1C. The minimum Gasteiger partial charge on any atom is -0.493 e. The van der Waals surface area contributed by atoms with Crippen molar-refractivity contribution in [3.05, 3.63) is 28.3 Å². The smallest absolute Gasteiger partial charge is 0.122 e. The molecule has 1 aromatic carbocycles. The molecule has 0 heterocycles. The first-order valence-corrected chi connectivity index (χ1v) is 7.31. The summed E-state index contributed by atoms with van der Waals surface area (Å²) in [6.07, 6.45) is 1.78. The molecule has 2 nitrogen and oxygen atoms in total. The normalized spacial score (nSPS) is 12.3. The first-order chi connectivity index (χ1) is 8.88. The summed E-state index contributed by atoms with van der Waals surface area (Å²) in [7, 11) is 0. The Labute approximate surface area is 122 Å². The maximum atomic E-state index is 5.81. The van der Waals surface area contributed by atoms with Crippen LogP contribution in [0.2, 0.25) is 0 Å². The van der Waals surface area contributed by atoms with Crippen molar-refractivity contribution in [1.82, 2.24) is 0 Å². The van der Waals surface area contributed by atoms with Crippen molar-refractivity contribution in [2.24, 2.45) is 5.73 Å². The molecule has 0 fully saturated rings. The summed E-state index contributed by atoms with van der Waals surface area (Å²) < 4.78 is 5.81. The number of nitrogens with two attached hydrogens (primary N) is 1. The van der Waals surface area contributed by atoms with Gasteiger partial charge >= 0.3 is 0 Å². The van der Waals surface area contributed by atoms with Gasteiger partial charge in [0.1, 0.15) is 5.75 Å². The minimum absolute atomic E-state index is 0.358. The number of thiocarbonyl (C=S) groups is 1. The predicted molar refractivity (Wildman–Crippen MR) is 86.3 cm³/mol. The lowest BCUT2D eigenvalue weighted by Gasteiger charge is -2.21. The summed E-state index contributed by atoms with van der Waals surface area (Å²) in [6, 6.07) is 2.14. The lowest BCUT2D eigenvalue weighted by Crippen LogP contribution is -2.13. The third-order valence-corrected chi connectivity index (χ3v) is 3.74. The Hall–Kier alpha value is -1.09. The highest BCUT2D eigenvalue weighted by molar-refractivity contribution is 7.80. The second-order valence-corrected chi connectivity index (χ2v) is 5.80. The molecule has 0 saturated carbocycles. The van der Waals surface area contributed by atoms with Gasteiger partial charge in [0.15, 0.2) is 0 Å². The topological polar surface area (TPSA) is 35.2 Å². The lowest BCUT2D eigenvalue weighted by atomic mass is 9.87. The van der Waals surface area contributed by atoms with Gasteiger partial charge in [0.25, 0.3) is 0 Å². The number of rotatable bonds is 6. The molecule has 0 saturated heterocycles. The van der Waals surface area contributed by atoms with Crippen LogP contribution >= 0.6 is 12.2 Å². The molecular formula is C16H25NOS. The molecule has 0 bridgehead atoms. The van der Waals surface area contributed by atoms with Gasteiger partial charge in [0.2, 0.25) is 0 Å². The maximum Gasteiger partial charge on any atom is 0.122 e. The van der Waals surface area contributed by atoms with Crippen LogP contribution in [0.25, 0.3) is 0 Å². The molecule has 106 valence electrons. The van der Waals surface area contributed by atoms with Crippen LogP contribution in [0, 0.1) is 20.8 Å². The molecule has 1 aromatic rings. The van der Waals surface area contributed by atoms with Crippen LogP contribution < -0.4 is 10.5 Å². The summed E-state index contributed by atoms with van der Waals surface area (Å²) in [5, 5.41) is 0. The third-order valence-electron chi connectivity index (χ3n) is 3.57. The quantitative estimate of drug-likeness (QED) is 0.793. The fourth-order valence-corrected chi connectivity index (χ4v) is 2.84. The molecule has 3 heteroatoms. The number of ether oxygens (including phenoxy) is 1. The standard InChI is InChI=1S/C16H25NOS/c1-6-7-18-14-8-10(2)16(13(5)12(14)4)11(3)9-15(17)19/h8,11H,6-7,9H2,1-5H3,(H2,17,19). The first-order valence-electron chi connectivity index (χ1n) is 6.90. The Morgan fingerprint density at radius 2 is 1.95 bits per heavy atom. The van der Waals surface area contributed by atoms with Gasteiger partial charge < -0.3 is 10.5 Å². The van der Waals surface area contributed by atoms with E-state index in [1.807, 2.05) is 0 Å². The molecule has 1 rings (SSSR count). The third kappa shape index (κ3) is 3.93. The molecule has 2 N–H and O–H groups in total. The molecule has 0 spiro atoms. The van der Waals surface area contributed by atoms with Crippen LogP contribution in [0.5, 0.6) is 5.75 Å². The zero-order valence-electron chi connectivity index (χ0n) is 12.7. The van der Waals surface area contributed by atoms with E-state index in [2.05, 4.69) is 40.7 Å². The monoisotopic (exact) mass is 279 g/mol. The van der Waals surface area contributed by atoms with Gasteiger partial charge in [-0.1, -0.05) is 26.1 Å². The zero-order valence-corrected chi connectivity index (χ0v) is 13.5. The Morgan fingerprint density at radius 1 is 1.32 bits per heavy atom. The van der Waals surface area contributed by atoms with E-state index in [4.69, 9.17) is 22.7 Å². The van der Waals surface area contributed by atoms with E-state index in [0.717, 1.165) is 25.2 Å². The summed E-state index contributed by atoms with van der Waals surface area (Å²) in [4.78, 5) is 0.579. The van der Waals surface area contributed by atoms with E-state index in [1.54, 1.807) is 0 Å². The zero-order chi connectivity index (χ0) is 14.6. The number of aryl methyl sites for hydroxylation is 1. The summed E-state index contributed by atoms with van der Waals surface area (Å²) in [5.41, 5.74) is 10.8. The van der Waals surface area contributed by atoms with Gasteiger partial charge in [0, 0.05) is 6.42 Å². The van der Waals surface area contributed by atoms with Gasteiger partial charge in [-0.05, 0) is 61.4 Å². The average Bonchev–Trinajstić information content (AvgIpc) is 2.31. The van der Waals surface area contributed by atoms with Gasteiger partial charge in [0.05, 0.1) is 11.6 Å². The van der Waals surface area contributed by atoms with Crippen molar-refractivity contribution < 1.29 is 4.74 Å². The van der Waals surface area contributed by atoms with Crippen LogP contribution in [0.3, 0.4) is 0 Å². The van der Waals surface area contributed by atoms with E-state index in [9.17, 15) is 0 Å². The van der Waals surface area contributed by atoms with E-state index in [1.165, 1.54) is 22.3 Å².